The SMILES string of the molecule is CC(C)(C)c1ccc(N2c3cc(N(c4ccc5oc6ccccc6c5c4)c4ccc5oc6ccccc6c5c4)ccc3B3c4c2cc(N(c2ccccc2)c2ccccc2)cc4N(c2ccc(C(C)(C)C)cc2)c2cc(N(c4ccccc4)c4ccccc4)c4c(oc5ccccc54)c23)cc1. The lowest BCUT2D eigenvalue weighted by Crippen LogP contribution is -2.61. The number of benzene rings is 14. The summed E-state index contributed by atoms with van der Waals surface area (Å²) in [5.41, 5.74) is 25.9. The first-order chi connectivity index (χ1) is 49.4. The Hall–Kier alpha value is -12.5. The third kappa shape index (κ3) is 9.81. The summed E-state index contributed by atoms with van der Waals surface area (Å²) in [6.45, 7) is 13.4. The third-order valence-electron chi connectivity index (χ3n) is 20.7. The standard InChI is InChI=1S/C92H70BN5O3/c1-91(2,3)59-39-43-65(44-40-59)97-77-55-69(95(67-48-51-85-74(53-67)71-33-19-22-36-82(71)99-85)68-49-52-86-75(54-68)72-34-20-23-37-83(72)100-86)47-50-76(77)93-88-79(97)56-70(94(61-25-11-7-12-26-61)62-27-13-8-14-28-62)57-80(88)98(66-45-41-60(42-46-66)92(4,5)6)81-58-78(87-73-35-21-24-38-84(73)101-90(87)89(81)93)96(63-29-15-9-16-30-63)64-31-17-10-18-32-64/h7-58H,1-6H3. The van der Waals surface area contributed by atoms with Gasteiger partial charge in [-0.25, -0.2) is 0 Å². The van der Waals surface area contributed by atoms with Crippen LogP contribution in [0.3, 0.4) is 0 Å². The van der Waals surface area contributed by atoms with E-state index in [0.29, 0.717) is 0 Å². The molecule has 0 amide bonds. The van der Waals surface area contributed by atoms with Gasteiger partial charge in [-0.15, -0.1) is 0 Å². The zero-order valence-electron chi connectivity index (χ0n) is 57.1. The predicted octanol–water partition coefficient (Wildman–Crippen LogP) is 24.5. The van der Waals surface area contributed by atoms with Gasteiger partial charge in [0.1, 0.15) is 33.5 Å². The summed E-state index contributed by atoms with van der Waals surface area (Å²) in [7, 11) is 0. The van der Waals surface area contributed by atoms with Crippen molar-refractivity contribution in [3.05, 3.63) is 327 Å². The maximum Gasteiger partial charge on any atom is 0.257 e. The number of furan rings is 3. The number of fused-ring (bicyclic) bond motifs is 14. The lowest BCUT2D eigenvalue weighted by atomic mass is 9.33. The van der Waals surface area contributed by atoms with Crippen molar-refractivity contribution in [1.29, 1.82) is 0 Å². The molecule has 19 rings (SSSR count). The fraction of sp³-hybridized carbons (Fsp3) is 0.0870. The molecule has 0 saturated heterocycles. The van der Waals surface area contributed by atoms with Crippen LogP contribution in [0.15, 0.2) is 329 Å². The van der Waals surface area contributed by atoms with E-state index in [1.807, 2.05) is 12.1 Å². The van der Waals surface area contributed by atoms with E-state index in [4.69, 9.17) is 13.3 Å². The summed E-state index contributed by atoms with van der Waals surface area (Å²) in [6, 6.07) is 115. The maximum absolute atomic E-state index is 7.72. The van der Waals surface area contributed by atoms with E-state index in [-0.39, 0.29) is 17.5 Å². The molecule has 14 aromatic carbocycles. The topological polar surface area (TPSA) is 55.6 Å². The van der Waals surface area contributed by atoms with Gasteiger partial charge < -0.3 is 37.8 Å². The van der Waals surface area contributed by atoms with Crippen LogP contribution in [0.4, 0.5) is 85.3 Å². The summed E-state index contributed by atoms with van der Waals surface area (Å²) in [5, 5.41) is 6.26. The second-order valence-electron chi connectivity index (χ2n) is 28.9. The van der Waals surface area contributed by atoms with Crippen LogP contribution in [0.5, 0.6) is 0 Å². The minimum atomic E-state index is -0.389. The molecule has 9 heteroatoms. The Morgan fingerprint density at radius 2 is 0.644 bits per heavy atom. The zero-order valence-corrected chi connectivity index (χ0v) is 57.1. The molecule has 8 nitrogen and oxygen atoms in total. The minimum absolute atomic E-state index is 0.101. The van der Waals surface area contributed by atoms with Crippen LogP contribution < -0.4 is 40.9 Å². The quantitative estimate of drug-likeness (QED) is 0.119. The monoisotopic (exact) mass is 1300 g/mol. The Bertz CT molecular complexity index is 5880. The highest BCUT2D eigenvalue weighted by atomic mass is 16.3. The van der Waals surface area contributed by atoms with Gasteiger partial charge in [-0.05, 0) is 196 Å². The van der Waals surface area contributed by atoms with Crippen molar-refractivity contribution in [3.63, 3.8) is 0 Å². The van der Waals surface area contributed by atoms with Crippen molar-refractivity contribution in [2.45, 2.75) is 52.4 Å². The van der Waals surface area contributed by atoms with E-state index in [1.165, 1.54) is 11.1 Å². The molecule has 17 aromatic rings. The molecule has 2 aliphatic heterocycles. The Morgan fingerprint density at radius 1 is 0.277 bits per heavy atom. The third-order valence-corrected chi connectivity index (χ3v) is 20.7. The molecule has 484 valence electrons. The maximum atomic E-state index is 7.72. The van der Waals surface area contributed by atoms with Gasteiger partial charge in [-0.1, -0.05) is 199 Å². The van der Waals surface area contributed by atoms with Crippen LogP contribution in [-0.2, 0) is 10.8 Å². The number of anilines is 15. The van der Waals surface area contributed by atoms with Crippen molar-refractivity contribution in [2.24, 2.45) is 0 Å². The molecule has 3 aromatic heterocycles. The average Bonchev–Trinajstić information content (AvgIpc) is 1.48. The fourth-order valence-electron chi connectivity index (χ4n) is 15.9. The molecule has 0 aliphatic carbocycles. The molecular weight excluding hydrogens is 1230 g/mol. The molecule has 0 fully saturated rings. The van der Waals surface area contributed by atoms with Gasteiger partial charge in [0.25, 0.3) is 6.71 Å². The molecule has 0 N–H and O–H groups in total. The highest BCUT2D eigenvalue weighted by Gasteiger charge is 2.47. The first-order valence-electron chi connectivity index (χ1n) is 34.9. The Morgan fingerprint density at radius 3 is 1.12 bits per heavy atom. The molecule has 0 spiro atoms. The summed E-state index contributed by atoms with van der Waals surface area (Å²) >= 11 is 0. The van der Waals surface area contributed by atoms with Crippen molar-refractivity contribution in [2.75, 3.05) is 24.5 Å². The molecule has 0 saturated carbocycles. The Balaban J connectivity index is 0.961. The summed E-state index contributed by atoms with van der Waals surface area (Å²) in [6.07, 6.45) is 0. The van der Waals surface area contributed by atoms with Gasteiger partial charge in [0.15, 0.2) is 0 Å². The normalized spacial score (nSPS) is 12.8. The van der Waals surface area contributed by atoms with E-state index in [2.05, 4.69) is 369 Å². The lowest BCUT2D eigenvalue weighted by molar-refractivity contribution is 0.590. The van der Waals surface area contributed by atoms with Crippen LogP contribution in [0, 0.1) is 0 Å². The molecule has 0 atom stereocenters. The van der Waals surface area contributed by atoms with E-state index in [0.717, 1.165) is 168 Å². The van der Waals surface area contributed by atoms with Gasteiger partial charge in [0.2, 0.25) is 0 Å². The number of hydrogen-bond acceptors (Lipinski definition) is 8. The smallest absolute Gasteiger partial charge is 0.257 e. The van der Waals surface area contributed by atoms with Crippen LogP contribution in [0.2, 0.25) is 0 Å². The van der Waals surface area contributed by atoms with E-state index in [9.17, 15) is 0 Å². The fourth-order valence-corrected chi connectivity index (χ4v) is 15.9. The molecular formula is C92H70BN5O3. The van der Waals surface area contributed by atoms with Gasteiger partial charge in [-0.2, -0.15) is 0 Å². The van der Waals surface area contributed by atoms with Gasteiger partial charge in [0.05, 0.1) is 16.8 Å². The number of hydrogen-bond donors (Lipinski definition) is 0. The predicted molar refractivity (Wildman–Crippen MR) is 424 cm³/mol. The molecule has 101 heavy (non-hydrogen) atoms. The first-order valence-corrected chi connectivity index (χ1v) is 34.9. The van der Waals surface area contributed by atoms with Gasteiger partial charge in [-0.3, -0.25) is 0 Å². The molecule has 0 bridgehead atoms. The van der Waals surface area contributed by atoms with Crippen molar-refractivity contribution < 1.29 is 13.3 Å². The zero-order chi connectivity index (χ0) is 67.8. The van der Waals surface area contributed by atoms with Gasteiger partial charge >= 0.3 is 0 Å². The highest BCUT2D eigenvalue weighted by Crippen LogP contribution is 2.54. The second kappa shape index (κ2) is 23.1. The molecule has 0 unspecified atom stereocenters. The molecule has 0 radical (unpaired) electrons. The summed E-state index contributed by atoms with van der Waals surface area (Å²) in [4.78, 5) is 12.4. The largest absolute Gasteiger partial charge is 0.456 e. The number of nitrogens with zero attached hydrogens (tertiary/aromatic N) is 5. The highest BCUT2D eigenvalue weighted by molar-refractivity contribution is 7.01. The van der Waals surface area contributed by atoms with Gasteiger partial charge in [0, 0.05) is 101 Å². The van der Waals surface area contributed by atoms with Crippen molar-refractivity contribution in [1.82, 2.24) is 0 Å². The van der Waals surface area contributed by atoms with E-state index >= 15 is 0 Å². The van der Waals surface area contributed by atoms with Crippen LogP contribution >= 0.6 is 0 Å². The van der Waals surface area contributed by atoms with E-state index in [1.54, 1.807) is 0 Å². The first kappa shape index (κ1) is 59.8. The summed E-state index contributed by atoms with van der Waals surface area (Å²) < 4.78 is 20.8. The Kier molecular flexibility index (Phi) is 13.7. The second-order valence-corrected chi connectivity index (χ2v) is 28.9. The number of rotatable bonds is 11. The van der Waals surface area contributed by atoms with Crippen LogP contribution in [0.25, 0.3) is 65.8 Å². The van der Waals surface area contributed by atoms with Crippen molar-refractivity contribution >= 4 is 174 Å². The molecule has 2 aliphatic rings. The van der Waals surface area contributed by atoms with Crippen molar-refractivity contribution in [3.8, 4) is 0 Å². The number of para-hydroxylation sites is 7. The molecule has 5 heterocycles. The Labute approximate surface area is 587 Å². The van der Waals surface area contributed by atoms with Crippen LogP contribution in [0.1, 0.15) is 52.7 Å². The lowest BCUT2D eigenvalue weighted by Gasteiger charge is -2.45. The van der Waals surface area contributed by atoms with Crippen LogP contribution in [-0.4, -0.2) is 6.71 Å². The minimum Gasteiger partial charge on any atom is -0.456 e. The summed E-state index contributed by atoms with van der Waals surface area (Å²) in [5.74, 6) is 0. The van der Waals surface area contributed by atoms with E-state index < -0.39 is 0 Å². The average molecular weight is 1300 g/mol.